The Balaban J connectivity index is 1.52. The quantitative estimate of drug-likeness (QED) is 0.0551. The molecule has 13 nitrogen and oxygen atoms in total. The molecule has 3 aromatic rings. The topological polar surface area (TPSA) is 162 Å². The van der Waals surface area contributed by atoms with E-state index in [4.69, 9.17) is 23.8 Å². The summed E-state index contributed by atoms with van der Waals surface area (Å²) in [6, 6.07) is 16.4. The van der Waals surface area contributed by atoms with Gasteiger partial charge in [-0.1, -0.05) is 36.2 Å². The van der Waals surface area contributed by atoms with Crippen molar-refractivity contribution in [1.82, 2.24) is 4.90 Å². The number of ether oxygens (including phenoxy) is 4. The van der Waals surface area contributed by atoms with Crippen molar-refractivity contribution in [3.05, 3.63) is 112 Å². The van der Waals surface area contributed by atoms with Crippen molar-refractivity contribution < 1.29 is 43.7 Å². The summed E-state index contributed by atoms with van der Waals surface area (Å²) in [5.41, 5.74) is 4.66. The zero-order valence-electron chi connectivity index (χ0n) is 33.8. The molecule has 3 aliphatic rings. The van der Waals surface area contributed by atoms with E-state index >= 15 is 0 Å². The molecular weight excluding hydrogens is 743 g/mol. The van der Waals surface area contributed by atoms with Gasteiger partial charge in [-0.15, -0.1) is 6.58 Å². The summed E-state index contributed by atoms with van der Waals surface area (Å²) in [4.78, 5) is 32.1. The van der Waals surface area contributed by atoms with Crippen molar-refractivity contribution in [3.8, 4) is 23.0 Å². The largest absolute Gasteiger partial charge is 0.459 e. The molecule has 58 heavy (non-hydrogen) atoms. The number of rotatable bonds is 18. The van der Waals surface area contributed by atoms with E-state index in [1.54, 1.807) is 13.1 Å². The van der Waals surface area contributed by atoms with Crippen LogP contribution in [0.25, 0.3) is 0 Å². The van der Waals surface area contributed by atoms with Crippen molar-refractivity contribution in [1.29, 1.82) is 0 Å². The standard InChI is InChI=1S/C45H55N3O10/c1-6-24-54-45-41(47(5)44(51)57-33-18-15-32(16-19-33)48(52)53)28-39(46-55-7-2)37-26-31(12-8-10-22-49)36(13-9-11-23-50)42(43(37)45)38-27-35(20-21-40(38)58-45)56-34-17-14-29(3)30(4)25-34/h6,14-21,25-27,31,36,41-43,49-50H,1,7-13,22-24,28H2,2-5H3/t31-,36+,41-,42+,43+,45+/m0/s1. The predicted octanol–water partition coefficient (Wildman–Crippen LogP) is 8.79. The summed E-state index contributed by atoms with van der Waals surface area (Å²) in [5, 5.41) is 35.7. The van der Waals surface area contributed by atoms with Gasteiger partial charge in [0, 0.05) is 50.3 Å². The number of hydrogen-bond donors (Lipinski definition) is 2. The van der Waals surface area contributed by atoms with E-state index in [-0.39, 0.29) is 55.4 Å². The van der Waals surface area contributed by atoms with E-state index in [1.807, 2.05) is 37.3 Å². The highest BCUT2D eigenvalue weighted by Crippen LogP contribution is 2.62. The first-order valence-corrected chi connectivity index (χ1v) is 20.2. The molecule has 2 N–H and O–H groups in total. The number of aliphatic hydroxyl groups is 2. The Morgan fingerprint density at radius 3 is 2.36 bits per heavy atom. The molecule has 0 radical (unpaired) electrons. The van der Waals surface area contributed by atoms with Crippen LogP contribution in [-0.2, 0) is 9.57 Å². The van der Waals surface area contributed by atoms with E-state index in [2.05, 4.69) is 37.7 Å². The SMILES string of the molecule is C=CCO[C@@]12Oc3ccc(Oc4ccc(C)c(C)c4)cc3[C@H]3[C@H](CCCCO)[C@@H](CCCCO)C=C(C(=NOCC)C[C@@H]1N(C)C(=O)Oc1ccc([N+](=O)[O-])cc1)[C@H]32. The highest BCUT2D eigenvalue weighted by Gasteiger charge is 2.65. The third-order valence-corrected chi connectivity index (χ3v) is 11.7. The maximum absolute atomic E-state index is 14.1. The van der Waals surface area contributed by atoms with Crippen LogP contribution in [0.2, 0.25) is 0 Å². The highest BCUT2D eigenvalue weighted by molar-refractivity contribution is 6.03. The summed E-state index contributed by atoms with van der Waals surface area (Å²) in [7, 11) is 1.62. The van der Waals surface area contributed by atoms with Crippen molar-refractivity contribution in [2.24, 2.45) is 22.9 Å². The minimum atomic E-state index is -1.46. The number of hydrogen-bond acceptors (Lipinski definition) is 11. The molecule has 0 unspecified atom stereocenters. The van der Waals surface area contributed by atoms with E-state index in [1.165, 1.54) is 34.7 Å². The minimum absolute atomic E-state index is 0.0367. The molecule has 6 rings (SSSR count). The lowest BCUT2D eigenvalue weighted by Gasteiger charge is -2.59. The number of nitrogens with zero attached hydrogens (tertiary/aromatic N) is 3. The maximum Gasteiger partial charge on any atom is 0.415 e. The number of unbranched alkanes of at least 4 members (excludes halogenated alkanes) is 2. The molecule has 1 fully saturated rings. The Labute approximate surface area is 340 Å². The van der Waals surface area contributed by atoms with E-state index in [9.17, 15) is 25.1 Å². The van der Waals surface area contributed by atoms with Gasteiger partial charge in [0.25, 0.3) is 5.69 Å². The van der Waals surface area contributed by atoms with Gasteiger partial charge in [0.1, 0.15) is 35.6 Å². The fourth-order valence-corrected chi connectivity index (χ4v) is 8.78. The smallest absolute Gasteiger partial charge is 0.415 e. The summed E-state index contributed by atoms with van der Waals surface area (Å²) < 4.78 is 26.4. The molecule has 1 amide bonds. The molecule has 1 aliphatic heterocycles. The van der Waals surface area contributed by atoms with Crippen LogP contribution in [0, 0.1) is 41.7 Å². The molecule has 0 aromatic heterocycles. The number of non-ortho nitro benzene ring substituents is 1. The van der Waals surface area contributed by atoms with Gasteiger partial charge in [-0.2, -0.15) is 0 Å². The molecule has 0 bridgehead atoms. The van der Waals surface area contributed by atoms with E-state index in [0.717, 1.165) is 42.4 Å². The Morgan fingerprint density at radius 1 is 1.00 bits per heavy atom. The number of amides is 1. The molecular formula is C45H55N3O10. The molecule has 0 spiro atoms. The lowest BCUT2D eigenvalue weighted by atomic mass is 9.55. The zero-order chi connectivity index (χ0) is 41.4. The van der Waals surface area contributed by atoms with Crippen LogP contribution in [-0.4, -0.2) is 77.1 Å². The number of nitro groups is 1. The Kier molecular flexibility index (Phi) is 13.9. The van der Waals surface area contributed by atoms with Crippen LogP contribution < -0.4 is 14.2 Å². The second-order valence-electron chi connectivity index (χ2n) is 15.3. The average molecular weight is 798 g/mol. The fourth-order valence-electron chi connectivity index (χ4n) is 8.78. The zero-order valence-corrected chi connectivity index (χ0v) is 33.8. The number of nitro benzene ring substituents is 1. The van der Waals surface area contributed by atoms with Gasteiger partial charge in [0.15, 0.2) is 0 Å². The monoisotopic (exact) mass is 797 g/mol. The molecule has 310 valence electrons. The van der Waals surface area contributed by atoms with Gasteiger partial charge in [0.05, 0.1) is 23.2 Å². The molecule has 6 atom stereocenters. The highest BCUT2D eigenvalue weighted by atomic mass is 16.7. The number of fused-ring (bicyclic) bond motifs is 2. The molecule has 13 heteroatoms. The van der Waals surface area contributed by atoms with Crippen LogP contribution in [0.15, 0.2) is 90.1 Å². The first kappa shape index (κ1) is 42.4. The van der Waals surface area contributed by atoms with Crippen LogP contribution in [0.4, 0.5) is 10.5 Å². The van der Waals surface area contributed by atoms with Gasteiger partial charge in [-0.3, -0.25) is 10.1 Å². The number of carbonyl (C=O) groups is 1. The first-order valence-electron chi connectivity index (χ1n) is 20.2. The van der Waals surface area contributed by atoms with E-state index < -0.39 is 28.8 Å². The number of likely N-dealkylation sites (N-methyl/N-ethyl adjacent to an activating group) is 1. The van der Waals surface area contributed by atoms with Crippen LogP contribution in [0.3, 0.4) is 0 Å². The minimum Gasteiger partial charge on any atom is -0.459 e. The number of oxime groups is 1. The second kappa shape index (κ2) is 19.0. The number of aliphatic hydroxyl groups excluding tert-OH is 2. The van der Waals surface area contributed by atoms with Gasteiger partial charge in [-0.25, -0.2) is 4.79 Å². The fraction of sp³-hybridized carbons (Fsp3) is 0.467. The van der Waals surface area contributed by atoms with Crippen molar-refractivity contribution in [3.63, 3.8) is 0 Å². The predicted molar refractivity (Wildman–Crippen MR) is 219 cm³/mol. The second-order valence-corrected chi connectivity index (χ2v) is 15.3. The third kappa shape index (κ3) is 8.91. The Bertz CT molecular complexity index is 2000. The number of allylic oxidation sites excluding steroid dienone is 1. The van der Waals surface area contributed by atoms with Gasteiger partial charge in [-0.05, 0) is 117 Å². The molecule has 3 aromatic carbocycles. The summed E-state index contributed by atoms with van der Waals surface area (Å²) in [5.74, 6) is -0.00373. The summed E-state index contributed by atoms with van der Waals surface area (Å²) in [6.07, 6.45) is 7.92. The number of aryl methyl sites for hydroxylation is 2. The van der Waals surface area contributed by atoms with Crippen molar-refractivity contribution in [2.75, 3.05) is 33.5 Å². The lowest BCUT2D eigenvalue weighted by molar-refractivity contribution is -0.384. The maximum atomic E-state index is 14.1. The van der Waals surface area contributed by atoms with Gasteiger partial charge < -0.3 is 38.9 Å². The Hall–Kier alpha value is -5.24. The van der Waals surface area contributed by atoms with E-state index in [0.29, 0.717) is 42.4 Å². The van der Waals surface area contributed by atoms with Crippen LogP contribution >= 0.6 is 0 Å². The van der Waals surface area contributed by atoms with Gasteiger partial charge in [0.2, 0.25) is 5.79 Å². The molecule has 1 saturated carbocycles. The molecule has 2 aliphatic carbocycles. The first-order chi connectivity index (χ1) is 28.0. The lowest BCUT2D eigenvalue weighted by Crippen LogP contribution is -2.69. The van der Waals surface area contributed by atoms with Crippen LogP contribution in [0.1, 0.15) is 74.5 Å². The Morgan fingerprint density at radius 2 is 1.69 bits per heavy atom. The van der Waals surface area contributed by atoms with Crippen LogP contribution in [0.5, 0.6) is 23.0 Å². The van der Waals surface area contributed by atoms with Gasteiger partial charge >= 0.3 is 6.09 Å². The average Bonchev–Trinajstić information content (AvgIpc) is 3.22. The van der Waals surface area contributed by atoms with Crippen molar-refractivity contribution >= 4 is 17.5 Å². The van der Waals surface area contributed by atoms with Crippen molar-refractivity contribution in [2.45, 2.75) is 83.5 Å². The molecule has 0 saturated heterocycles. The molecule has 1 heterocycles. The summed E-state index contributed by atoms with van der Waals surface area (Å²) >= 11 is 0. The summed E-state index contributed by atoms with van der Waals surface area (Å²) in [6.45, 7) is 10.5. The number of benzene rings is 3. The number of carbonyl (C=O) groups excluding carboxylic acids is 1. The third-order valence-electron chi connectivity index (χ3n) is 11.7. The normalized spacial score (nSPS) is 23.8.